The van der Waals surface area contributed by atoms with Crippen LogP contribution >= 0.6 is 0 Å². The Balaban J connectivity index is 1.34. The van der Waals surface area contributed by atoms with Gasteiger partial charge in [0.15, 0.2) is 11.5 Å². The van der Waals surface area contributed by atoms with Crippen LogP contribution in [0.3, 0.4) is 0 Å². The average molecular weight is 351 g/mol. The monoisotopic (exact) mass is 351 g/mol. The summed E-state index contributed by atoms with van der Waals surface area (Å²) in [6.45, 7) is 10.1. The van der Waals surface area contributed by atoms with Crippen molar-refractivity contribution in [1.29, 1.82) is 0 Å². The van der Waals surface area contributed by atoms with Crippen molar-refractivity contribution in [2.24, 2.45) is 0 Å². The molecule has 8 heteroatoms. The highest BCUT2D eigenvalue weighted by atomic mass is 16.5. The largest absolute Gasteiger partial charge is 0.379 e. The fourth-order valence-electron chi connectivity index (χ4n) is 3.14. The van der Waals surface area contributed by atoms with Crippen LogP contribution in [0, 0.1) is 0 Å². The Morgan fingerprint density at radius 2 is 1.92 bits per heavy atom. The smallest absolute Gasteiger partial charge is 0.273 e. The molecular weight excluding hydrogens is 322 g/mol. The van der Waals surface area contributed by atoms with E-state index >= 15 is 0 Å². The van der Waals surface area contributed by atoms with Gasteiger partial charge in [0.2, 0.25) is 0 Å². The summed E-state index contributed by atoms with van der Waals surface area (Å²) in [5.74, 6) is 0.569. The predicted molar refractivity (Wildman–Crippen MR) is 93.5 cm³/mol. The van der Waals surface area contributed by atoms with Crippen molar-refractivity contribution >= 4 is 5.91 Å². The molecule has 0 atom stereocenters. The lowest BCUT2D eigenvalue weighted by Crippen LogP contribution is -2.45. The molecule has 2 aliphatic rings. The second kappa shape index (κ2) is 9.28. The molecule has 3 rings (SSSR count). The van der Waals surface area contributed by atoms with Gasteiger partial charge in [-0.1, -0.05) is 5.16 Å². The lowest BCUT2D eigenvalue weighted by Gasteiger charge is -2.32. The topological polar surface area (TPSA) is 74.1 Å². The van der Waals surface area contributed by atoms with E-state index in [0.29, 0.717) is 18.8 Å². The highest BCUT2D eigenvalue weighted by Crippen LogP contribution is 2.09. The Morgan fingerprint density at radius 1 is 1.16 bits per heavy atom. The molecule has 2 fully saturated rings. The van der Waals surface area contributed by atoms with Gasteiger partial charge in [0.05, 0.1) is 19.8 Å². The number of carbonyl (C=O) groups is 1. The highest BCUT2D eigenvalue weighted by molar-refractivity contribution is 5.92. The fraction of sp³-hybridized carbons (Fsp3) is 0.765. The van der Waals surface area contributed by atoms with Crippen LogP contribution in [0.15, 0.2) is 10.6 Å². The lowest BCUT2D eigenvalue weighted by atomic mass is 10.3. The maximum absolute atomic E-state index is 12.2. The number of ether oxygens (including phenoxy) is 1. The first kappa shape index (κ1) is 18.3. The van der Waals surface area contributed by atoms with E-state index in [9.17, 15) is 4.79 Å². The van der Waals surface area contributed by atoms with Gasteiger partial charge in [0.25, 0.3) is 5.91 Å². The van der Waals surface area contributed by atoms with Gasteiger partial charge >= 0.3 is 0 Å². The van der Waals surface area contributed by atoms with Crippen LogP contribution in [-0.4, -0.2) is 98.4 Å². The number of hydrogen-bond donors (Lipinski definition) is 1. The SMILES string of the molecule is CN1CCN(CCCNC(=O)c2cc(CN3CCOCC3)on2)CC1. The standard InChI is InChI=1S/C17H29N5O3/c1-20-5-7-21(8-6-20)4-2-3-18-17(23)16-13-15(25-19-16)14-22-9-11-24-12-10-22/h13H,2-12,14H2,1H3,(H,18,23). The Bertz CT molecular complexity index is 536. The van der Waals surface area contributed by atoms with Crippen LogP contribution in [0.1, 0.15) is 22.7 Å². The molecule has 0 radical (unpaired) electrons. The lowest BCUT2D eigenvalue weighted by molar-refractivity contribution is 0.0305. The van der Waals surface area contributed by atoms with Gasteiger partial charge in [-0.05, 0) is 20.0 Å². The number of nitrogens with one attached hydrogen (secondary N) is 1. The number of rotatable bonds is 7. The van der Waals surface area contributed by atoms with Crippen molar-refractivity contribution in [3.8, 4) is 0 Å². The number of aromatic nitrogens is 1. The van der Waals surface area contributed by atoms with Gasteiger partial charge < -0.3 is 24.4 Å². The molecule has 0 unspecified atom stereocenters. The third-order valence-corrected chi connectivity index (χ3v) is 4.81. The van der Waals surface area contributed by atoms with Crippen molar-refractivity contribution in [3.05, 3.63) is 17.5 Å². The van der Waals surface area contributed by atoms with E-state index in [-0.39, 0.29) is 5.91 Å². The zero-order valence-electron chi connectivity index (χ0n) is 15.1. The average Bonchev–Trinajstić information content (AvgIpc) is 3.09. The van der Waals surface area contributed by atoms with Crippen LogP contribution in [0.4, 0.5) is 0 Å². The maximum Gasteiger partial charge on any atom is 0.273 e. The second-order valence-corrected chi connectivity index (χ2v) is 6.82. The number of hydrogen-bond acceptors (Lipinski definition) is 7. The van der Waals surface area contributed by atoms with Crippen LogP contribution in [0.5, 0.6) is 0 Å². The minimum absolute atomic E-state index is 0.157. The summed E-state index contributed by atoms with van der Waals surface area (Å²) in [4.78, 5) is 19.2. The number of morpholine rings is 1. The molecule has 1 aromatic heterocycles. The van der Waals surface area contributed by atoms with Crippen LogP contribution in [0.2, 0.25) is 0 Å². The first-order chi connectivity index (χ1) is 12.2. The maximum atomic E-state index is 12.2. The molecule has 8 nitrogen and oxygen atoms in total. The zero-order valence-corrected chi connectivity index (χ0v) is 15.1. The van der Waals surface area contributed by atoms with Crippen molar-refractivity contribution in [1.82, 2.24) is 25.2 Å². The first-order valence-corrected chi connectivity index (χ1v) is 9.15. The van der Waals surface area contributed by atoms with Crippen LogP contribution in [0.25, 0.3) is 0 Å². The number of amides is 1. The molecule has 3 heterocycles. The summed E-state index contributed by atoms with van der Waals surface area (Å²) >= 11 is 0. The van der Waals surface area contributed by atoms with Gasteiger partial charge in [-0.15, -0.1) is 0 Å². The molecule has 2 aliphatic heterocycles. The number of nitrogens with zero attached hydrogens (tertiary/aromatic N) is 4. The van der Waals surface area contributed by atoms with Crippen molar-refractivity contribution in [2.75, 3.05) is 72.6 Å². The van der Waals surface area contributed by atoms with Gasteiger partial charge in [-0.25, -0.2) is 0 Å². The summed E-state index contributed by atoms with van der Waals surface area (Å²) in [6.07, 6.45) is 0.952. The van der Waals surface area contributed by atoms with E-state index in [1.54, 1.807) is 6.07 Å². The minimum Gasteiger partial charge on any atom is -0.379 e. The summed E-state index contributed by atoms with van der Waals surface area (Å²) < 4.78 is 10.6. The van der Waals surface area contributed by atoms with Gasteiger partial charge in [0, 0.05) is 51.9 Å². The number of carbonyl (C=O) groups excluding carboxylic acids is 1. The van der Waals surface area contributed by atoms with Crippen LogP contribution in [-0.2, 0) is 11.3 Å². The normalized spacial score (nSPS) is 20.7. The molecule has 0 bridgehead atoms. The summed E-state index contributed by atoms with van der Waals surface area (Å²) in [5.41, 5.74) is 0.364. The molecular formula is C17H29N5O3. The molecule has 0 aliphatic carbocycles. The second-order valence-electron chi connectivity index (χ2n) is 6.82. The quantitative estimate of drug-likeness (QED) is 0.686. The van der Waals surface area contributed by atoms with E-state index in [1.165, 1.54) is 0 Å². The summed E-state index contributed by atoms with van der Waals surface area (Å²) in [5, 5.41) is 6.83. The van der Waals surface area contributed by atoms with Crippen molar-refractivity contribution in [3.63, 3.8) is 0 Å². The minimum atomic E-state index is -0.157. The molecule has 0 saturated carbocycles. The molecule has 2 saturated heterocycles. The Morgan fingerprint density at radius 3 is 2.68 bits per heavy atom. The Labute approximate surface area is 149 Å². The van der Waals surface area contributed by atoms with E-state index in [2.05, 4.69) is 32.2 Å². The summed E-state index contributed by atoms with van der Waals surface area (Å²) in [7, 11) is 2.16. The third-order valence-electron chi connectivity index (χ3n) is 4.81. The first-order valence-electron chi connectivity index (χ1n) is 9.15. The zero-order chi connectivity index (χ0) is 17.5. The van der Waals surface area contributed by atoms with Gasteiger partial charge in [-0.2, -0.15) is 0 Å². The van der Waals surface area contributed by atoms with E-state index in [1.807, 2.05) is 0 Å². The van der Waals surface area contributed by atoms with Gasteiger partial charge in [0.1, 0.15) is 0 Å². The fourth-order valence-corrected chi connectivity index (χ4v) is 3.14. The molecule has 0 spiro atoms. The van der Waals surface area contributed by atoms with Gasteiger partial charge in [-0.3, -0.25) is 9.69 Å². The number of piperazine rings is 1. The van der Waals surface area contributed by atoms with E-state index in [4.69, 9.17) is 9.26 Å². The molecule has 0 aromatic carbocycles. The summed E-state index contributed by atoms with van der Waals surface area (Å²) in [6, 6.07) is 1.74. The van der Waals surface area contributed by atoms with E-state index in [0.717, 1.165) is 71.2 Å². The predicted octanol–water partition coefficient (Wildman–Crippen LogP) is -0.126. The third kappa shape index (κ3) is 5.78. The van der Waals surface area contributed by atoms with Crippen molar-refractivity contribution in [2.45, 2.75) is 13.0 Å². The molecule has 1 N–H and O–H groups in total. The molecule has 1 amide bonds. The van der Waals surface area contributed by atoms with Crippen molar-refractivity contribution < 1.29 is 14.1 Å². The Hall–Kier alpha value is -1.48. The van der Waals surface area contributed by atoms with E-state index < -0.39 is 0 Å². The highest BCUT2D eigenvalue weighted by Gasteiger charge is 2.17. The molecule has 25 heavy (non-hydrogen) atoms. The Kier molecular flexibility index (Phi) is 6.80. The number of likely N-dealkylation sites (N-methyl/N-ethyl adjacent to an activating group) is 1. The molecule has 1 aromatic rings. The van der Waals surface area contributed by atoms with Crippen LogP contribution < -0.4 is 5.32 Å². The molecule has 140 valence electrons.